The number of hydrogen-bond acceptors (Lipinski definition) is 4. The van der Waals surface area contributed by atoms with Crippen LogP contribution < -0.4 is 5.32 Å². The maximum absolute atomic E-state index is 10.7. The summed E-state index contributed by atoms with van der Waals surface area (Å²) in [5.74, 6) is -0.937. The quantitative estimate of drug-likeness (QED) is 0.811. The third-order valence-corrected chi connectivity index (χ3v) is 4.06. The van der Waals surface area contributed by atoms with Gasteiger partial charge in [0.05, 0.1) is 11.3 Å². The minimum Gasteiger partial charge on any atom is -0.478 e. The third kappa shape index (κ3) is 3.11. The summed E-state index contributed by atoms with van der Waals surface area (Å²) in [7, 11) is 4.25. The van der Waals surface area contributed by atoms with Crippen molar-refractivity contribution in [1.82, 2.24) is 15.2 Å². The van der Waals surface area contributed by atoms with Gasteiger partial charge in [-0.3, -0.25) is 4.98 Å². The van der Waals surface area contributed by atoms with Crippen LogP contribution in [0.15, 0.2) is 18.3 Å². The molecule has 1 saturated carbocycles. The van der Waals surface area contributed by atoms with Crippen LogP contribution in [0.1, 0.15) is 35.3 Å². The van der Waals surface area contributed by atoms with Gasteiger partial charge in [0.2, 0.25) is 0 Å². The van der Waals surface area contributed by atoms with Crippen LogP contribution in [0.5, 0.6) is 0 Å². The van der Waals surface area contributed by atoms with Crippen molar-refractivity contribution in [2.24, 2.45) is 0 Å². The highest BCUT2D eigenvalue weighted by atomic mass is 16.4. The van der Waals surface area contributed by atoms with Crippen molar-refractivity contribution < 1.29 is 9.90 Å². The lowest BCUT2D eigenvalue weighted by Crippen LogP contribution is -2.56. The van der Waals surface area contributed by atoms with Crippen molar-refractivity contribution in [3.8, 4) is 0 Å². The summed E-state index contributed by atoms with van der Waals surface area (Å²) in [5, 5.41) is 12.2. The second-order valence-electron chi connectivity index (χ2n) is 5.42. The topological polar surface area (TPSA) is 65.5 Å². The van der Waals surface area contributed by atoms with Gasteiger partial charge in [-0.2, -0.15) is 0 Å². The molecule has 1 aliphatic rings. The summed E-state index contributed by atoms with van der Waals surface area (Å²) in [6, 6.07) is 3.36. The van der Waals surface area contributed by atoms with Crippen LogP contribution in [0.4, 0.5) is 0 Å². The lowest BCUT2D eigenvalue weighted by molar-refractivity contribution is 0.0597. The molecule has 1 aromatic rings. The largest absolute Gasteiger partial charge is 0.478 e. The highest BCUT2D eigenvalue weighted by Crippen LogP contribution is 2.35. The number of carboxylic acid groups (broad SMARTS) is 1. The Balaban J connectivity index is 1.84. The standard InChI is InChI=1S/C14H21N3O2/c1-17(2)14(6-3-7-14)10-15-9-12-5-4-11(8-16-12)13(18)19/h4-5,8,15H,3,6-7,9-10H2,1-2H3,(H,18,19). The average Bonchev–Trinajstić information content (AvgIpc) is 2.32. The molecule has 0 aromatic carbocycles. The number of carbonyl (C=O) groups is 1. The van der Waals surface area contributed by atoms with E-state index in [-0.39, 0.29) is 5.56 Å². The van der Waals surface area contributed by atoms with Crippen LogP contribution in [0, 0.1) is 0 Å². The van der Waals surface area contributed by atoms with Gasteiger partial charge in [-0.1, -0.05) is 0 Å². The molecule has 1 fully saturated rings. The van der Waals surface area contributed by atoms with Gasteiger partial charge in [-0.15, -0.1) is 0 Å². The molecule has 2 rings (SSSR count). The van der Waals surface area contributed by atoms with Crippen LogP contribution in [0.2, 0.25) is 0 Å². The fourth-order valence-electron chi connectivity index (χ4n) is 2.45. The third-order valence-electron chi connectivity index (χ3n) is 4.06. The number of nitrogens with zero attached hydrogens (tertiary/aromatic N) is 2. The molecular weight excluding hydrogens is 242 g/mol. The van der Waals surface area contributed by atoms with Gasteiger partial charge in [-0.25, -0.2) is 4.79 Å². The van der Waals surface area contributed by atoms with Crippen molar-refractivity contribution in [3.63, 3.8) is 0 Å². The van der Waals surface area contributed by atoms with Gasteiger partial charge >= 0.3 is 5.97 Å². The maximum Gasteiger partial charge on any atom is 0.337 e. The molecule has 1 aromatic heterocycles. The molecule has 0 saturated heterocycles. The second kappa shape index (κ2) is 5.67. The zero-order valence-corrected chi connectivity index (χ0v) is 11.5. The van der Waals surface area contributed by atoms with E-state index in [0.29, 0.717) is 12.1 Å². The average molecular weight is 263 g/mol. The maximum atomic E-state index is 10.7. The van der Waals surface area contributed by atoms with E-state index in [1.807, 2.05) is 0 Å². The van der Waals surface area contributed by atoms with Gasteiger partial charge in [-0.05, 0) is 45.5 Å². The van der Waals surface area contributed by atoms with Gasteiger partial charge < -0.3 is 15.3 Å². The molecule has 0 radical (unpaired) electrons. The first kappa shape index (κ1) is 14.0. The van der Waals surface area contributed by atoms with Crippen LogP contribution in [0.25, 0.3) is 0 Å². The van der Waals surface area contributed by atoms with E-state index in [0.717, 1.165) is 12.2 Å². The number of aromatic nitrogens is 1. The Morgan fingerprint density at radius 1 is 1.47 bits per heavy atom. The number of pyridine rings is 1. The SMILES string of the molecule is CN(C)C1(CNCc2ccc(C(=O)O)cn2)CCC1. The first-order valence-electron chi connectivity index (χ1n) is 6.60. The zero-order valence-electron chi connectivity index (χ0n) is 11.5. The predicted molar refractivity (Wildman–Crippen MR) is 73.2 cm³/mol. The van der Waals surface area contributed by atoms with E-state index in [2.05, 4.69) is 29.3 Å². The first-order valence-corrected chi connectivity index (χ1v) is 6.60. The molecule has 104 valence electrons. The van der Waals surface area contributed by atoms with Crippen LogP contribution in [0.3, 0.4) is 0 Å². The second-order valence-corrected chi connectivity index (χ2v) is 5.42. The number of carboxylic acids is 1. The van der Waals surface area contributed by atoms with Crippen LogP contribution in [-0.2, 0) is 6.54 Å². The summed E-state index contributed by atoms with van der Waals surface area (Å²) < 4.78 is 0. The van der Waals surface area contributed by atoms with Crippen molar-refractivity contribution in [2.75, 3.05) is 20.6 Å². The Morgan fingerprint density at radius 2 is 2.21 bits per heavy atom. The van der Waals surface area contributed by atoms with E-state index in [4.69, 9.17) is 5.11 Å². The van der Waals surface area contributed by atoms with Gasteiger partial charge in [0.15, 0.2) is 0 Å². The van der Waals surface area contributed by atoms with Crippen molar-refractivity contribution >= 4 is 5.97 Å². The highest BCUT2D eigenvalue weighted by Gasteiger charge is 2.38. The Kier molecular flexibility index (Phi) is 4.17. The van der Waals surface area contributed by atoms with Gasteiger partial charge in [0.25, 0.3) is 0 Å². The van der Waals surface area contributed by atoms with E-state index >= 15 is 0 Å². The summed E-state index contributed by atoms with van der Waals surface area (Å²) in [6.07, 6.45) is 5.17. The van der Waals surface area contributed by atoms with E-state index in [1.54, 1.807) is 12.1 Å². The van der Waals surface area contributed by atoms with Crippen LogP contribution >= 0.6 is 0 Å². The highest BCUT2D eigenvalue weighted by molar-refractivity contribution is 5.87. The summed E-state index contributed by atoms with van der Waals surface area (Å²) in [6.45, 7) is 1.62. The Labute approximate surface area is 113 Å². The molecule has 2 N–H and O–H groups in total. The molecule has 1 heterocycles. The normalized spacial score (nSPS) is 17.2. The van der Waals surface area contributed by atoms with E-state index < -0.39 is 5.97 Å². The molecular formula is C14H21N3O2. The molecule has 0 atom stereocenters. The Hall–Kier alpha value is -1.46. The zero-order chi connectivity index (χ0) is 13.9. The molecule has 0 unspecified atom stereocenters. The number of hydrogen-bond donors (Lipinski definition) is 2. The van der Waals surface area contributed by atoms with E-state index in [9.17, 15) is 4.79 Å². The smallest absolute Gasteiger partial charge is 0.337 e. The van der Waals surface area contributed by atoms with Crippen molar-refractivity contribution in [3.05, 3.63) is 29.6 Å². The fraction of sp³-hybridized carbons (Fsp3) is 0.571. The Morgan fingerprint density at radius 3 is 2.63 bits per heavy atom. The molecule has 0 aliphatic heterocycles. The first-order chi connectivity index (χ1) is 9.03. The molecule has 0 spiro atoms. The van der Waals surface area contributed by atoms with Gasteiger partial charge in [0.1, 0.15) is 0 Å². The monoisotopic (exact) mass is 263 g/mol. The van der Waals surface area contributed by atoms with Crippen molar-refractivity contribution in [2.45, 2.75) is 31.3 Å². The number of aromatic carboxylic acids is 1. The summed E-state index contributed by atoms with van der Waals surface area (Å²) in [4.78, 5) is 17.2. The molecule has 1 aliphatic carbocycles. The number of rotatable bonds is 6. The Bertz CT molecular complexity index is 439. The molecule has 5 heteroatoms. The summed E-state index contributed by atoms with van der Waals surface area (Å²) in [5.41, 5.74) is 1.40. The van der Waals surface area contributed by atoms with Gasteiger partial charge in [0, 0.05) is 24.8 Å². The molecule has 5 nitrogen and oxygen atoms in total. The molecule has 0 amide bonds. The molecule has 0 bridgehead atoms. The lowest BCUT2D eigenvalue weighted by atomic mass is 9.75. The minimum atomic E-state index is -0.937. The fourth-order valence-corrected chi connectivity index (χ4v) is 2.45. The minimum absolute atomic E-state index is 0.229. The predicted octanol–water partition coefficient (Wildman–Crippen LogP) is 1.35. The summed E-state index contributed by atoms with van der Waals surface area (Å²) >= 11 is 0. The van der Waals surface area contributed by atoms with E-state index in [1.165, 1.54) is 25.5 Å². The van der Waals surface area contributed by atoms with Crippen molar-refractivity contribution in [1.29, 1.82) is 0 Å². The van der Waals surface area contributed by atoms with Crippen LogP contribution in [-0.4, -0.2) is 47.1 Å². The number of likely N-dealkylation sites (N-methyl/N-ethyl adjacent to an activating group) is 1. The lowest BCUT2D eigenvalue weighted by Gasteiger charge is -2.47. The number of nitrogens with one attached hydrogen (secondary N) is 1. The molecule has 19 heavy (non-hydrogen) atoms.